The standard InChI is InChI=1S/C15H21N3O/c1-2-14-17-12-9-11(16)3-4-13(12)18(14)10-15(5-6-15)7-8-19/h3-4,9,19H,2,5-8,10,16H2,1H3. The van der Waals surface area contributed by atoms with Gasteiger partial charge in [-0.2, -0.15) is 0 Å². The van der Waals surface area contributed by atoms with Gasteiger partial charge in [0.2, 0.25) is 0 Å². The zero-order chi connectivity index (χ0) is 13.5. The highest BCUT2D eigenvalue weighted by atomic mass is 16.3. The third kappa shape index (κ3) is 2.21. The summed E-state index contributed by atoms with van der Waals surface area (Å²) in [5, 5.41) is 9.21. The van der Waals surface area contributed by atoms with E-state index in [1.807, 2.05) is 12.1 Å². The monoisotopic (exact) mass is 259 g/mol. The number of nitrogens with two attached hydrogens (primary N) is 1. The van der Waals surface area contributed by atoms with E-state index in [-0.39, 0.29) is 6.61 Å². The molecule has 3 rings (SSSR count). The molecule has 1 saturated carbocycles. The maximum absolute atomic E-state index is 9.21. The quantitative estimate of drug-likeness (QED) is 0.810. The molecule has 0 spiro atoms. The van der Waals surface area contributed by atoms with Crippen molar-refractivity contribution >= 4 is 16.7 Å². The van der Waals surface area contributed by atoms with Crippen LogP contribution in [0.3, 0.4) is 0 Å². The maximum atomic E-state index is 9.21. The van der Waals surface area contributed by atoms with Gasteiger partial charge < -0.3 is 15.4 Å². The Morgan fingerprint density at radius 2 is 2.21 bits per heavy atom. The van der Waals surface area contributed by atoms with Gasteiger partial charge in [0.05, 0.1) is 11.0 Å². The first kappa shape index (κ1) is 12.5. The van der Waals surface area contributed by atoms with Crippen molar-refractivity contribution in [1.82, 2.24) is 9.55 Å². The zero-order valence-electron chi connectivity index (χ0n) is 11.4. The molecule has 4 heteroatoms. The first-order valence-corrected chi connectivity index (χ1v) is 7.03. The molecular formula is C15H21N3O. The molecule has 0 aliphatic heterocycles. The SMILES string of the molecule is CCc1nc2cc(N)ccc2n1CC1(CCO)CC1. The second kappa shape index (κ2) is 4.53. The molecule has 0 unspecified atom stereocenters. The molecule has 0 radical (unpaired) electrons. The molecule has 0 atom stereocenters. The van der Waals surface area contributed by atoms with Gasteiger partial charge in [-0.05, 0) is 42.9 Å². The topological polar surface area (TPSA) is 64.1 Å². The number of fused-ring (bicyclic) bond motifs is 1. The molecule has 102 valence electrons. The van der Waals surface area contributed by atoms with Crippen molar-refractivity contribution in [3.8, 4) is 0 Å². The Labute approximate surface area is 113 Å². The third-order valence-electron chi connectivity index (χ3n) is 4.26. The van der Waals surface area contributed by atoms with Crippen molar-refractivity contribution in [2.45, 2.75) is 39.2 Å². The molecule has 1 fully saturated rings. The Morgan fingerprint density at radius 3 is 2.84 bits per heavy atom. The molecule has 1 aromatic carbocycles. The predicted octanol–water partition coefficient (Wildman–Crippen LogP) is 2.34. The number of aromatic nitrogens is 2. The second-order valence-electron chi connectivity index (χ2n) is 5.69. The predicted molar refractivity (Wildman–Crippen MR) is 76.9 cm³/mol. The van der Waals surface area contributed by atoms with Crippen LogP contribution in [0.4, 0.5) is 5.69 Å². The van der Waals surface area contributed by atoms with Crippen molar-refractivity contribution in [2.24, 2.45) is 5.41 Å². The van der Waals surface area contributed by atoms with E-state index in [1.54, 1.807) is 0 Å². The summed E-state index contributed by atoms with van der Waals surface area (Å²) in [6, 6.07) is 5.94. The van der Waals surface area contributed by atoms with Gasteiger partial charge in [-0.15, -0.1) is 0 Å². The Bertz CT molecular complexity index is 599. The van der Waals surface area contributed by atoms with Gasteiger partial charge in [-0.1, -0.05) is 6.92 Å². The Balaban J connectivity index is 2.01. The summed E-state index contributed by atoms with van der Waals surface area (Å²) in [7, 11) is 0. The van der Waals surface area contributed by atoms with Crippen LogP contribution in [0.5, 0.6) is 0 Å². The number of aliphatic hydroxyl groups is 1. The summed E-state index contributed by atoms with van der Waals surface area (Å²) in [5.41, 5.74) is 9.03. The summed E-state index contributed by atoms with van der Waals surface area (Å²) in [6.45, 7) is 3.38. The number of nitrogens with zero attached hydrogens (tertiary/aromatic N) is 2. The molecule has 1 aromatic heterocycles. The fourth-order valence-corrected chi connectivity index (χ4v) is 2.88. The lowest BCUT2D eigenvalue weighted by Gasteiger charge is -2.17. The lowest BCUT2D eigenvalue weighted by atomic mass is 10.0. The normalized spacial score (nSPS) is 16.9. The van der Waals surface area contributed by atoms with Crippen LogP contribution in [0.1, 0.15) is 32.0 Å². The highest BCUT2D eigenvalue weighted by molar-refractivity contribution is 5.79. The van der Waals surface area contributed by atoms with Crippen molar-refractivity contribution in [1.29, 1.82) is 0 Å². The number of anilines is 1. The smallest absolute Gasteiger partial charge is 0.109 e. The van der Waals surface area contributed by atoms with Gasteiger partial charge in [-0.25, -0.2) is 4.98 Å². The van der Waals surface area contributed by atoms with E-state index < -0.39 is 0 Å². The summed E-state index contributed by atoms with van der Waals surface area (Å²) >= 11 is 0. The van der Waals surface area contributed by atoms with Gasteiger partial charge >= 0.3 is 0 Å². The van der Waals surface area contributed by atoms with Crippen LogP contribution in [0.2, 0.25) is 0 Å². The molecule has 0 amide bonds. The van der Waals surface area contributed by atoms with Crippen molar-refractivity contribution in [3.63, 3.8) is 0 Å². The van der Waals surface area contributed by atoms with Crippen LogP contribution in [0, 0.1) is 5.41 Å². The fourth-order valence-electron chi connectivity index (χ4n) is 2.88. The van der Waals surface area contributed by atoms with E-state index in [1.165, 1.54) is 12.8 Å². The van der Waals surface area contributed by atoms with Crippen molar-refractivity contribution < 1.29 is 5.11 Å². The van der Waals surface area contributed by atoms with Crippen molar-refractivity contribution in [2.75, 3.05) is 12.3 Å². The Kier molecular flexibility index (Phi) is 2.97. The van der Waals surface area contributed by atoms with E-state index in [2.05, 4.69) is 22.5 Å². The largest absolute Gasteiger partial charge is 0.399 e. The maximum Gasteiger partial charge on any atom is 0.109 e. The fraction of sp³-hybridized carbons (Fsp3) is 0.533. The van der Waals surface area contributed by atoms with Gasteiger partial charge in [0.15, 0.2) is 0 Å². The van der Waals surface area contributed by atoms with E-state index in [0.717, 1.165) is 41.9 Å². The Morgan fingerprint density at radius 1 is 1.42 bits per heavy atom. The summed E-state index contributed by atoms with van der Waals surface area (Å²) in [6.07, 6.45) is 4.24. The number of benzene rings is 1. The molecule has 1 heterocycles. The number of nitrogen functional groups attached to an aromatic ring is 1. The minimum Gasteiger partial charge on any atom is -0.399 e. The summed E-state index contributed by atoms with van der Waals surface area (Å²) in [5.74, 6) is 1.12. The van der Waals surface area contributed by atoms with Crippen LogP contribution < -0.4 is 5.73 Å². The van der Waals surface area contributed by atoms with Crippen molar-refractivity contribution in [3.05, 3.63) is 24.0 Å². The van der Waals surface area contributed by atoms with Crippen LogP contribution >= 0.6 is 0 Å². The number of hydrogen-bond acceptors (Lipinski definition) is 3. The number of aryl methyl sites for hydroxylation is 1. The number of hydrogen-bond donors (Lipinski definition) is 2. The summed E-state index contributed by atoms with van der Waals surface area (Å²) in [4.78, 5) is 4.68. The number of imidazole rings is 1. The van der Waals surface area contributed by atoms with Gasteiger partial charge in [0.25, 0.3) is 0 Å². The molecule has 0 saturated heterocycles. The molecule has 3 N–H and O–H groups in total. The molecular weight excluding hydrogens is 238 g/mol. The number of rotatable bonds is 5. The molecule has 1 aliphatic rings. The third-order valence-corrected chi connectivity index (χ3v) is 4.26. The molecule has 0 bridgehead atoms. The van der Waals surface area contributed by atoms with E-state index in [4.69, 9.17) is 5.73 Å². The van der Waals surface area contributed by atoms with Gasteiger partial charge in [-0.3, -0.25) is 0 Å². The van der Waals surface area contributed by atoms with Crippen LogP contribution in [-0.2, 0) is 13.0 Å². The lowest BCUT2D eigenvalue weighted by molar-refractivity contribution is 0.236. The molecule has 1 aliphatic carbocycles. The minimum absolute atomic E-state index is 0.279. The minimum atomic E-state index is 0.279. The lowest BCUT2D eigenvalue weighted by Crippen LogP contribution is -2.15. The molecule has 4 nitrogen and oxygen atoms in total. The van der Waals surface area contributed by atoms with E-state index in [0.29, 0.717) is 5.41 Å². The second-order valence-corrected chi connectivity index (χ2v) is 5.69. The zero-order valence-corrected chi connectivity index (χ0v) is 11.4. The Hall–Kier alpha value is -1.55. The van der Waals surface area contributed by atoms with E-state index >= 15 is 0 Å². The molecule has 2 aromatic rings. The van der Waals surface area contributed by atoms with Crippen LogP contribution in [0.25, 0.3) is 11.0 Å². The van der Waals surface area contributed by atoms with Gasteiger partial charge in [0.1, 0.15) is 5.82 Å². The van der Waals surface area contributed by atoms with Crippen LogP contribution in [-0.4, -0.2) is 21.3 Å². The van der Waals surface area contributed by atoms with E-state index in [9.17, 15) is 5.11 Å². The first-order valence-electron chi connectivity index (χ1n) is 7.03. The van der Waals surface area contributed by atoms with Gasteiger partial charge in [0, 0.05) is 25.3 Å². The first-order chi connectivity index (χ1) is 9.17. The summed E-state index contributed by atoms with van der Waals surface area (Å²) < 4.78 is 2.32. The van der Waals surface area contributed by atoms with Crippen LogP contribution in [0.15, 0.2) is 18.2 Å². The highest BCUT2D eigenvalue weighted by Crippen LogP contribution is 2.50. The number of aliphatic hydroxyl groups excluding tert-OH is 1. The average Bonchev–Trinajstić information content (AvgIpc) is 3.06. The molecule has 19 heavy (non-hydrogen) atoms. The highest BCUT2D eigenvalue weighted by Gasteiger charge is 2.42. The average molecular weight is 259 g/mol.